The summed E-state index contributed by atoms with van der Waals surface area (Å²) in [6.45, 7) is 5.42. The summed E-state index contributed by atoms with van der Waals surface area (Å²) in [5.74, 6) is 0. The molecule has 100 valence electrons. The minimum atomic E-state index is -0.687. The van der Waals surface area contributed by atoms with E-state index in [1.807, 2.05) is 6.92 Å². The Morgan fingerprint density at radius 3 is 2.39 bits per heavy atom. The first-order chi connectivity index (χ1) is 8.61. The number of nitrogens with two attached hydrogens (primary N) is 1. The molecule has 0 aromatic heterocycles. The second-order valence-electron chi connectivity index (χ2n) is 5.64. The van der Waals surface area contributed by atoms with Crippen molar-refractivity contribution in [2.75, 3.05) is 13.1 Å². The number of benzene rings is 1. The first-order valence-corrected chi connectivity index (χ1v) is 6.82. The summed E-state index contributed by atoms with van der Waals surface area (Å²) in [6, 6.07) is 8.66. The summed E-state index contributed by atoms with van der Waals surface area (Å²) >= 11 is 0. The van der Waals surface area contributed by atoms with Crippen molar-refractivity contribution in [3.8, 4) is 0 Å². The normalized spacial score (nSPS) is 18.6. The van der Waals surface area contributed by atoms with Crippen LogP contribution in [-0.2, 0) is 13.1 Å². The van der Waals surface area contributed by atoms with Crippen LogP contribution in [-0.4, -0.2) is 28.7 Å². The van der Waals surface area contributed by atoms with Gasteiger partial charge in [0, 0.05) is 19.6 Å². The second-order valence-corrected chi connectivity index (χ2v) is 5.64. The van der Waals surface area contributed by atoms with E-state index in [-0.39, 0.29) is 0 Å². The van der Waals surface area contributed by atoms with Crippen LogP contribution in [0.1, 0.15) is 37.3 Å². The van der Waals surface area contributed by atoms with Crippen LogP contribution in [0.2, 0.25) is 0 Å². The van der Waals surface area contributed by atoms with Crippen LogP contribution in [0, 0.1) is 0 Å². The van der Waals surface area contributed by atoms with E-state index in [0.717, 1.165) is 38.9 Å². The number of fused-ring (bicyclic) bond motifs is 1. The van der Waals surface area contributed by atoms with Crippen LogP contribution >= 0.6 is 0 Å². The Hall–Kier alpha value is -0.900. The van der Waals surface area contributed by atoms with Gasteiger partial charge in [-0.2, -0.15) is 0 Å². The monoisotopic (exact) mass is 248 g/mol. The average Bonchev–Trinajstić information content (AvgIpc) is 2.77. The van der Waals surface area contributed by atoms with Crippen LogP contribution in [0.15, 0.2) is 24.3 Å². The number of hydrogen-bond acceptors (Lipinski definition) is 3. The molecular formula is C15H24N2O. The molecule has 0 saturated carbocycles. The zero-order chi connectivity index (χ0) is 13.0. The van der Waals surface area contributed by atoms with Gasteiger partial charge in [-0.15, -0.1) is 0 Å². The van der Waals surface area contributed by atoms with Crippen LogP contribution in [0.3, 0.4) is 0 Å². The van der Waals surface area contributed by atoms with E-state index in [9.17, 15) is 5.11 Å². The summed E-state index contributed by atoms with van der Waals surface area (Å²) in [5.41, 5.74) is 7.75. The van der Waals surface area contributed by atoms with E-state index in [4.69, 9.17) is 5.73 Å². The van der Waals surface area contributed by atoms with Crippen molar-refractivity contribution >= 4 is 0 Å². The molecule has 1 aliphatic rings. The van der Waals surface area contributed by atoms with Gasteiger partial charge in [0.05, 0.1) is 5.60 Å². The minimum Gasteiger partial charge on any atom is -0.389 e. The molecule has 3 heteroatoms. The zero-order valence-corrected chi connectivity index (χ0v) is 11.2. The molecule has 3 N–H and O–H groups in total. The maximum absolute atomic E-state index is 9.82. The molecule has 1 unspecified atom stereocenters. The number of aliphatic hydroxyl groups is 1. The van der Waals surface area contributed by atoms with Gasteiger partial charge in [-0.05, 0) is 43.9 Å². The molecule has 2 rings (SSSR count). The van der Waals surface area contributed by atoms with Crippen molar-refractivity contribution in [2.24, 2.45) is 5.73 Å². The molecule has 1 aromatic carbocycles. The topological polar surface area (TPSA) is 49.5 Å². The lowest BCUT2D eigenvalue weighted by molar-refractivity contribution is 0.0563. The number of nitrogens with zero attached hydrogens (tertiary/aromatic N) is 1. The molecule has 1 atom stereocenters. The van der Waals surface area contributed by atoms with E-state index < -0.39 is 5.60 Å². The van der Waals surface area contributed by atoms with E-state index in [0.29, 0.717) is 6.54 Å². The predicted octanol–water partition coefficient (Wildman–Crippen LogP) is 1.88. The van der Waals surface area contributed by atoms with Crippen LogP contribution in [0.4, 0.5) is 0 Å². The van der Waals surface area contributed by atoms with Gasteiger partial charge in [-0.25, -0.2) is 0 Å². The van der Waals surface area contributed by atoms with Gasteiger partial charge in [0.1, 0.15) is 0 Å². The summed E-state index contributed by atoms with van der Waals surface area (Å²) in [5, 5.41) is 9.82. The molecule has 1 aromatic rings. The second kappa shape index (κ2) is 5.83. The summed E-state index contributed by atoms with van der Waals surface area (Å²) < 4.78 is 0. The van der Waals surface area contributed by atoms with Crippen molar-refractivity contribution in [1.29, 1.82) is 0 Å². The molecular weight excluding hydrogens is 224 g/mol. The fraction of sp³-hybridized carbons (Fsp3) is 0.600. The van der Waals surface area contributed by atoms with Crippen molar-refractivity contribution in [3.05, 3.63) is 35.4 Å². The minimum absolute atomic E-state index is 0.349. The molecule has 0 radical (unpaired) electrons. The quantitative estimate of drug-likeness (QED) is 0.756. The number of rotatable bonds is 6. The molecule has 0 amide bonds. The van der Waals surface area contributed by atoms with E-state index in [1.54, 1.807) is 0 Å². The molecule has 1 heterocycles. The van der Waals surface area contributed by atoms with Crippen LogP contribution in [0.25, 0.3) is 0 Å². The van der Waals surface area contributed by atoms with Crippen molar-refractivity contribution in [3.63, 3.8) is 0 Å². The third-order valence-electron chi connectivity index (χ3n) is 3.79. The first-order valence-electron chi connectivity index (χ1n) is 6.82. The van der Waals surface area contributed by atoms with Gasteiger partial charge in [0.15, 0.2) is 0 Å². The first kappa shape index (κ1) is 13.5. The van der Waals surface area contributed by atoms with Gasteiger partial charge >= 0.3 is 0 Å². The smallest absolute Gasteiger partial charge is 0.0741 e. The molecule has 1 aliphatic heterocycles. The third kappa shape index (κ3) is 3.55. The summed E-state index contributed by atoms with van der Waals surface area (Å²) in [6.07, 6.45) is 2.96. The third-order valence-corrected chi connectivity index (χ3v) is 3.79. The Morgan fingerprint density at radius 2 is 1.83 bits per heavy atom. The van der Waals surface area contributed by atoms with Gasteiger partial charge in [0.25, 0.3) is 0 Å². The lowest BCUT2D eigenvalue weighted by atomic mass is 9.99. The molecule has 3 nitrogen and oxygen atoms in total. The molecule has 0 aliphatic carbocycles. The Kier molecular flexibility index (Phi) is 4.38. The molecule has 18 heavy (non-hydrogen) atoms. The molecule has 0 fully saturated rings. The maximum atomic E-state index is 9.82. The largest absolute Gasteiger partial charge is 0.389 e. The SMILES string of the molecule is CC(O)(CN)CCCCN1Cc2ccccc2C1. The van der Waals surface area contributed by atoms with Gasteiger partial charge in [-0.1, -0.05) is 24.3 Å². The highest BCUT2D eigenvalue weighted by Crippen LogP contribution is 2.22. The van der Waals surface area contributed by atoms with Crippen LogP contribution in [0.5, 0.6) is 0 Å². The van der Waals surface area contributed by atoms with Crippen LogP contribution < -0.4 is 5.73 Å². The Bertz CT molecular complexity index is 365. The summed E-state index contributed by atoms with van der Waals surface area (Å²) in [4.78, 5) is 2.47. The van der Waals surface area contributed by atoms with E-state index in [1.165, 1.54) is 11.1 Å². The van der Waals surface area contributed by atoms with E-state index in [2.05, 4.69) is 29.2 Å². The van der Waals surface area contributed by atoms with E-state index >= 15 is 0 Å². The summed E-state index contributed by atoms with van der Waals surface area (Å²) in [7, 11) is 0. The lowest BCUT2D eigenvalue weighted by Gasteiger charge is -2.21. The number of unbranched alkanes of at least 4 members (excludes halogenated alkanes) is 1. The highest BCUT2D eigenvalue weighted by atomic mass is 16.3. The zero-order valence-electron chi connectivity index (χ0n) is 11.2. The fourth-order valence-electron chi connectivity index (χ4n) is 2.51. The van der Waals surface area contributed by atoms with Crippen molar-refractivity contribution in [1.82, 2.24) is 4.90 Å². The predicted molar refractivity (Wildman–Crippen MR) is 74.1 cm³/mol. The Morgan fingerprint density at radius 1 is 1.22 bits per heavy atom. The van der Waals surface area contributed by atoms with Crippen molar-refractivity contribution in [2.45, 2.75) is 44.9 Å². The average molecular weight is 248 g/mol. The Labute approximate surface area is 110 Å². The van der Waals surface area contributed by atoms with Crippen molar-refractivity contribution < 1.29 is 5.11 Å². The molecule has 0 bridgehead atoms. The highest BCUT2D eigenvalue weighted by Gasteiger charge is 2.19. The highest BCUT2D eigenvalue weighted by molar-refractivity contribution is 5.30. The molecule has 0 saturated heterocycles. The molecule has 0 spiro atoms. The van der Waals surface area contributed by atoms with Gasteiger partial charge < -0.3 is 10.8 Å². The maximum Gasteiger partial charge on any atom is 0.0741 e. The Balaban J connectivity index is 1.68. The van der Waals surface area contributed by atoms with Gasteiger partial charge in [-0.3, -0.25) is 4.90 Å². The lowest BCUT2D eigenvalue weighted by Crippen LogP contribution is -2.34. The number of hydrogen-bond donors (Lipinski definition) is 2. The van der Waals surface area contributed by atoms with Gasteiger partial charge in [0.2, 0.25) is 0 Å². The fourth-order valence-corrected chi connectivity index (χ4v) is 2.51. The standard InChI is InChI=1S/C15H24N2O/c1-15(18,12-16)8-4-5-9-17-10-13-6-2-3-7-14(13)11-17/h2-3,6-7,18H,4-5,8-12,16H2,1H3.